The molecule has 0 saturated heterocycles. The first-order valence-corrected chi connectivity index (χ1v) is 16.8. The number of hydrogen-bond acceptors (Lipinski definition) is 6. The third kappa shape index (κ3) is 12.5. The highest BCUT2D eigenvalue weighted by molar-refractivity contribution is 6.04. The second kappa shape index (κ2) is 16.7. The summed E-state index contributed by atoms with van der Waals surface area (Å²) in [5.74, 6) is -0.479. The molecule has 0 spiro atoms. The molecule has 6 nitrogen and oxygen atoms in total. The van der Waals surface area contributed by atoms with Gasteiger partial charge in [0.15, 0.2) is 5.78 Å². The van der Waals surface area contributed by atoms with Crippen LogP contribution in [0.2, 0.25) is 0 Å². The predicted molar refractivity (Wildman–Crippen MR) is 196 cm³/mol. The molecule has 0 unspecified atom stereocenters. The molecule has 2 aliphatic rings. The molecule has 0 amide bonds. The average Bonchev–Trinajstić information content (AvgIpc) is 2.90. The van der Waals surface area contributed by atoms with E-state index in [0.29, 0.717) is 30.4 Å². The summed E-state index contributed by atoms with van der Waals surface area (Å²) in [5, 5.41) is 32.1. The maximum atomic E-state index is 12.9. The SMILES string of the molecule is CC(=O)O[C@@H]1CC(C)(C)C(=C=C/C(C)=C/C=C/C(C)=C/C=C/C=C(C)/C=C/C=C(\C)C(=O)/C=C2/C(C)(C)C[C@@H](O)C[C@]2(C)O)[C@@](C)(O)C1. The van der Waals surface area contributed by atoms with Gasteiger partial charge in [0, 0.05) is 25.3 Å². The molecular weight excluding hydrogens is 600 g/mol. The van der Waals surface area contributed by atoms with Crippen LogP contribution in [0.5, 0.6) is 0 Å². The molecule has 6 heteroatoms. The number of carbonyl (C=O) groups is 2. The van der Waals surface area contributed by atoms with Gasteiger partial charge in [-0.2, -0.15) is 0 Å². The van der Waals surface area contributed by atoms with Gasteiger partial charge in [-0.1, -0.05) is 99.6 Å². The molecule has 0 radical (unpaired) electrons. The molecule has 0 aromatic rings. The lowest BCUT2D eigenvalue weighted by Gasteiger charge is -2.45. The summed E-state index contributed by atoms with van der Waals surface area (Å²) in [7, 11) is 0. The van der Waals surface area contributed by atoms with Crippen LogP contribution in [-0.2, 0) is 14.3 Å². The van der Waals surface area contributed by atoms with E-state index >= 15 is 0 Å². The standard InChI is InChI=1S/C42H58O6/c1-29(18-14-19-31(3)22-23-37-40(8,9)27-35(48-33(5)43)28-42(37,11)47)16-12-13-17-30(2)20-15-21-32(4)36(45)24-38-39(6,7)25-34(44)26-41(38,10)46/h12-22,24,34-35,44,46-47H,25-28H2,1-11H3/b13-12+,18-14+,20-15+,29-16+,30-17+,31-19+,32-21+,38-24-/t23?,34-,35-,41+,42+/m1/s1. The van der Waals surface area contributed by atoms with Crippen molar-refractivity contribution < 1.29 is 29.6 Å². The van der Waals surface area contributed by atoms with E-state index in [0.717, 1.165) is 22.3 Å². The van der Waals surface area contributed by atoms with Gasteiger partial charge in [-0.15, -0.1) is 5.73 Å². The lowest BCUT2D eigenvalue weighted by atomic mass is 9.64. The second-order valence-corrected chi connectivity index (χ2v) is 15.3. The van der Waals surface area contributed by atoms with Crippen LogP contribution >= 0.6 is 0 Å². The summed E-state index contributed by atoms with van der Waals surface area (Å²) in [6, 6.07) is 0. The summed E-state index contributed by atoms with van der Waals surface area (Å²) in [6.45, 7) is 20.6. The topological polar surface area (TPSA) is 104 Å². The largest absolute Gasteiger partial charge is 0.462 e. The highest BCUT2D eigenvalue weighted by Crippen LogP contribution is 2.47. The first-order chi connectivity index (χ1) is 22.1. The van der Waals surface area contributed by atoms with Crippen molar-refractivity contribution in [1.82, 2.24) is 0 Å². The number of ketones is 1. The van der Waals surface area contributed by atoms with E-state index in [9.17, 15) is 24.9 Å². The van der Waals surface area contributed by atoms with Crippen LogP contribution in [0.4, 0.5) is 0 Å². The van der Waals surface area contributed by atoms with Crippen LogP contribution in [0, 0.1) is 10.8 Å². The molecular formula is C42H58O6. The number of carbonyl (C=O) groups excluding carboxylic acids is 2. The van der Waals surface area contributed by atoms with E-state index in [1.165, 1.54) is 6.92 Å². The number of esters is 1. The van der Waals surface area contributed by atoms with Gasteiger partial charge >= 0.3 is 5.97 Å². The Kier molecular flexibility index (Phi) is 14.2. The molecule has 0 bridgehead atoms. The maximum Gasteiger partial charge on any atom is 0.302 e. The van der Waals surface area contributed by atoms with Crippen LogP contribution in [0.3, 0.4) is 0 Å². The van der Waals surface area contributed by atoms with E-state index in [1.54, 1.807) is 32.9 Å². The molecule has 2 aliphatic carbocycles. The number of aliphatic hydroxyl groups excluding tert-OH is 1. The van der Waals surface area contributed by atoms with Crippen molar-refractivity contribution in [3.05, 3.63) is 112 Å². The third-order valence-electron chi connectivity index (χ3n) is 8.96. The Morgan fingerprint density at radius 3 is 1.77 bits per heavy atom. The number of rotatable bonds is 10. The Hall–Kier alpha value is -3.54. The van der Waals surface area contributed by atoms with E-state index in [2.05, 4.69) is 5.73 Å². The smallest absolute Gasteiger partial charge is 0.302 e. The number of aliphatic hydroxyl groups is 3. The Bertz CT molecular complexity index is 1480. The summed E-state index contributed by atoms with van der Waals surface area (Å²) >= 11 is 0. The predicted octanol–water partition coefficient (Wildman–Crippen LogP) is 8.45. The highest BCUT2D eigenvalue weighted by Gasteiger charge is 2.46. The molecule has 0 aromatic carbocycles. The minimum Gasteiger partial charge on any atom is -0.462 e. The summed E-state index contributed by atoms with van der Waals surface area (Å²) in [6.07, 6.45) is 23.7. The molecule has 2 saturated carbocycles. The normalized spacial score (nSPS) is 29.5. The van der Waals surface area contributed by atoms with Gasteiger partial charge in [0.25, 0.3) is 0 Å². The van der Waals surface area contributed by atoms with Crippen molar-refractivity contribution in [3.8, 4) is 0 Å². The Morgan fingerprint density at radius 1 is 0.708 bits per heavy atom. The Morgan fingerprint density at radius 2 is 1.25 bits per heavy atom. The molecule has 0 heterocycles. The fraction of sp³-hybridized carbons (Fsp3) is 0.500. The summed E-state index contributed by atoms with van der Waals surface area (Å²) < 4.78 is 5.41. The van der Waals surface area contributed by atoms with Crippen molar-refractivity contribution in [2.45, 2.75) is 125 Å². The van der Waals surface area contributed by atoms with Crippen molar-refractivity contribution in [1.29, 1.82) is 0 Å². The Balaban J connectivity index is 2.01. The monoisotopic (exact) mass is 658 g/mol. The summed E-state index contributed by atoms with van der Waals surface area (Å²) in [5.41, 5.74) is 5.31. The molecule has 262 valence electrons. The summed E-state index contributed by atoms with van der Waals surface area (Å²) in [4.78, 5) is 24.3. The average molecular weight is 659 g/mol. The van der Waals surface area contributed by atoms with Crippen LogP contribution in [0.1, 0.15) is 102 Å². The number of allylic oxidation sites excluding steroid dienone is 15. The third-order valence-corrected chi connectivity index (χ3v) is 8.96. The molecule has 2 fully saturated rings. The highest BCUT2D eigenvalue weighted by atomic mass is 16.5. The fourth-order valence-electron chi connectivity index (χ4n) is 6.89. The molecule has 2 rings (SSSR count). The van der Waals surface area contributed by atoms with Crippen molar-refractivity contribution in [2.75, 3.05) is 0 Å². The van der Waals surface area contributed by atoms with Gasteiger partial charge in [0.1, 0.15) is 6.10 Å². The zero-order chi connectivity index (χ0) is 36.5. The van der Waals surface area contributed by atoms with E-state index in [4.69, 9.17) is 4.74 Å². The molecule has 4 atom stereocenters. The minimum absolute atomic E-state index is 0.148. The van der Waals surface area contributed by atoms with Gasteiger partial charge in [0.2, 0.25) is 0 Å². The van der Waals surface area contributed by atoms with E-state index < -0.39 is 22.7 Å². The van der Waals surface area contributed by atoms with Crippen LogP contribution in [0.25, 0.3) is 0 Å². The number of ether oxygens (including phenoxy) is 1. The zero-order valence-electron chi connectivity index (χ0n) is 31.0. The van der Waals surface area contributed by atoms with Gasteiger partial charge < -0.3 is 20.1 Å². The van der Waals surface area contributed by atoms with Crippen molar-refractivity contribution in [3.63, 3.8) is 0 Å². The van der Waals surface area contributed by atoms with Gasteiger partial charge in [-0.25, -0.2) is 0 Å². The lowest BCUT2D eigenvalue weighted by molar-refractivity contribution is -0.152. The van der Waals surface area contributed by atoms with Crippen molar-refractivity contribution in [2.24, 2.45) is 10.8 Å². The van der Waals surface area contributed by atoms with Gasteiger partial charge in [-0.3, -0.25) is 9.59 Å². The van der Waals surface area contributed by atoms with Crippen LogP contribution in [0.15, 0.2) is 112 Å². The minimum atomic E-state index is -1.22. The number of hydrogen-bond donors (Lipinski definition) is 3. The maximum absolute atomic E-state index is 12.9. The van der Waals surface area contributed by atoms with Crippen LogP contribution < -0.4 is 0 Å². The molecule has 48 heavy (non-hydrogen) atoms. The molecule has 0 aromatic heterocycles. The van der Waals surface area contributed by atoms with Crippen LogP contribution in [-0.4, -0.2) is 50.5 Å². The van der Waals surface area contributed by atoms with Gasteiger partial charge in [-0.05, 0) is 94.1 Å². The molecule has 3 N–H and O–H groups in total. The first-order valence-electron chi connectivity index (χ1n) is 16.8. The van der Waals surface area contributed by atoms with Gasteiger partial charge in [0.05, 0.1) is 17.3 Å². The van der Waals surface area contributed by atoms with E-state index in [1.807, 2.05) is 109 Å². The molecule has 0 aliphatic heterocycles. The van der Waals surface area contributed by atoms with E-state index in [-0.39, 0.29) is 29.7 Å². The zero-order valence-corrected chi connectivity index (χ0v) is 31.0. The second-order valence-electron chi connectivity index (χ2n) is 15.3. The quantitative estimate of drug-likeness (QED) is 0.0942. The fourth-order valence-corrected chi connectivity index (χ4v) is 6.89. The van der Waals surface area contributed by atoms with Crippen molar-refractivity contribution >= 4 is 11.8 Å². The Labute approximate surface area is 289 Å². The lowest BCUT2D eigenvalue weighted by Crippen LogP contribution is -2.46. The first kappa shape index (κ1) is 40.6.